The number of hydrogen-bond donors (Lipinski definition) is 5. The van der Waals surface area contributed by atoms with Gasteiger partial charge in [0.25, 0.3) is 0 Å². The van der Waals surface area contributed by atoms with E-state index in [2.05, 4.69) is 10.3 Å². The van der Waals surface area contributed by atoms with E-state index in [0.29, 0.717) is 12.0 Å². The smallest absolute Gasteiger partial charge is 0.335 e. The fourth-order valence-electron chi connectivity index (χ4n) is 2.12. The molecule has 6 atom stereocenters. The Morgan fingerprint density at radius 2 is 2.12 bits per heavy atom. The molecule has 3 unspecified atom stereocenters. The zero-order valence-corrected chi connectivity index (χ0v) is 12.4. The molecule has 0 saturated carbocycles. The van der Waals surface area contributed by atoms with Gasteiger partial charge in [0.2, 0.25) is 0 Å². The third kappa shape index (κ3) is 4.11. The lowest BCUT2D eigenvalue weighted by molar-refractivity contribution is -0.302. The minimum absolute atomic E-state index is 0.179. The lowest BCUT2D eigenvalue weighted by Crippen LogP contribution is -2.60. The summed E-state index contributed by atoms with van der Waals surface area (Å²) >= 11 is 0. The van der Waals surface area contributed by atoms with Crippen LogP contribution in [0.25, 0.3) is 0 Å². The number of aromatic nitrogens is 3. The van der Waals surface area contributed by atoms with Crippen molar-refractivity contribution in [2.45, 2.75) is 49.9 Å². The first-order chi connectivity index (χ1) is 11.3. The van der Waals surface area contributed by atoms with E-state index in [-0.39, 0.29) is 13.2 Å². The van der Waals surface area contributed by atoms with Gasteiger partial charge in [-0.1, -0.05) is 5.21 Å². The molecule has 1 fully saturated rings. The van der Waals surface area contributed by atoms with Crippen molar-refractivity contribution < 1.29 is 39.5 Å². The fraction of sp³-hybridized carbons (Fsp3) is 0.667. The Morgan fingerprint density at radius 1 is 1.42 bits per heavy atom. The van der Waals surface area contributed by atoms with Crippen LogP contribution in [-0.2, 0) is 32.2 Å². The average molecular weight is 346 g/mol. The number of aliphatic hydroxyl groups is 3. The van der Waals surface area contributed by atoms with E-state index in [1.807, 2.05) is 0 Å². The molecule has 24 heavy (non-hydrogen) atoms. The summed E-state index contributed by atoms with van der Waals surface area (Å²) in [5.74, 6) is -1.51. The molecule has 0 aromatic carbocycles. The van der Waals surface area contributed by atoms with Gasteiger partial charge in [0, 0.05) is 6.42 Å². The number of carboxylic acid groups (broad SMARTS) is 1. The summed E-state index contributed by atoms with van der Waals surface area (Å²) < 4.78 is 11.3. The Bertz CT molecular complexity index is 581. The molecule has 1 aliphatic rings. The minimum atomic E-state index is -1.79. The summed E-state index contributed by atoms with van der Waals surface area (Å²) in [7, 11) is 0. The van der Waals surface area contributed by atoms with Crippen LogP contribution in [0.1, 0.15) is 5.69 Å². The molecule has 2 heterocycles. The summed E-state index contributed by atoms with van der Waals surface area (Å²) in [4.78, 5) is 21.5. The molecule has 0 radical (unpaired) electrons. The maximum atomic E-state index is 11.0. The number of hydrogen-bond acceptors (Lipinski definition) is 10. The molecular formula is C12H18N4O8. The van der Waals surface area contributed by atoms with Crippen molar-refractivity contribution in [2.75, 3.05) is 0 Å². The molecule has 1 aromatic rings. The van der Waals surface area contributed by atoms with Crippen molar-refractivity contribution in [1.82, 2.24) is 15.0 Å². The molecule has 134 valence electrons. The van der Waals surface area contributed by atoms with Crippen LogP contribution in [0.3, 0.4) is 0 Å². The largest absolute Gasteiger partial charge is 0.479 e. The van der Waals surface area contributed by atoms with E-state index in [0.717, 1.165) is 0 Å². The van der Waals surface area contributed by atoms with Gasteiger partial charge in [-0.3, -0.25) is 0 Å². The van der Waals surface area contributed by atoms with E-state index in [1.165, 1.54) is 10.9 Å². The zero-order chi connectivity index (χ0) is 17.9. The first kappa shape index (κ1) is 18.4. The van der Waals surface area contributed by atoms with E-state index in [9.17, 15) is 24.9 Å². The maximum Gasteiger partial charge on any atom is 0.335 e. The van der Waals surface area contributed by atoms with Crippen molar-refractivity contribution in [3.8, 4) is 0 Å². The first-order valence-corrected chi connectivity index (χ1v) is 6.97. The Hall–Kier alpha value is -1.96. The van der Waals surface area contributed by atoms with Gasteiger partial charge in [-0.2, -0.15) is 0 Å². The van der Waals surface area contributed by atoms with E-state index in [4.69, 9.17) is 20.3 Å². The van der Waals surface area contributed by atoms with Crippen LogP contribution in [-0.4, -0.2) is 84.4 Å². The highest BCUT2D eigenvalue weighted by Crippen LogP contribution is 2.22. The number of rotatable bonds is 7. The Labute approximate surface area is 135 Å². The van der Waals surface area contributed by atoms with E-state index < -0.39 is 42.7 Å². The highest BCUT2D eigenvalue weighted by molar-refractivity contribution is 5.73. The third-order valence-electron chi connectivity index (χ3n) is 3.39. The Kier molecular flexibility index (Phi) is 5.93. The average Bonchev–Trinajstić information content (AvgIpc) is 2.98. The number of aldehydes is 1. The number of ether oxygens (including phenoxy) is 2. The molecular weight excluding hydrogens is 328 g/mol. The quantitative estimate of drug-likeness (QED) is 0.304. The van der Waals surface area contributed by atoms with E-state index >= 15 is 0 Å². The van der Waals surface area contributed by atoms with Crippen LogP contribution in [0, 0.1) is 0 Å². The van der Waals surface area contributed by atoms with Crippen LogP contribution in [0.15, 0.2) is 6.20 Å². The number of carbonyl (C=O) groups is 2. The second-order valence-corrected chi connectivity index (χ2v) is 5.28. The van der Waals surface area contributed by atoms with Crippen LogP contribution in [0.5, 0.6) is 0 Å². The Morgan fingerprint density at radius 3 is 2.75 bits per heavy atom. The third-order valence-corrected chi connectivity index (χ3v) is 3.39. The molecule has 12 nitrogen and oxygen atoms in total. The lowest BCUT2D eigenvalue weighted by Gasteiger charge is -2.38. The normalized spacial score (nSPS) is 31.6. The fourth-order valence-corrected chi connectivity index (χ4v) is 2.12. The maximum absolute atomic E-state index is 11.0. The molecule has 0 spiro atoms. The second-order valence-electron chi connectivity index (χ2n) is 5.28. The summed E-state index contributed by atoms with van der Waals surface area (Å²) in [6, 6.07) is -0.715. The molecule has 1 aliphatic heterocycles. The van der Waals surface area contributed by atoms with Crippen LogP contribution in [0.2, 0.25) is 0 Å². The molecule has 1 saturated heterocycles. The number of aliphatic hydroxyl groups excluding tert-OH is 3. The number of aliphatic carboxylic acids is 1. The standard InChI is InChI=1S/C12H18N4O8/c13-5(3-17)1-6-2-16(15-14-6)4-23-12-9(20)7(18)8(19)10(24-12)11(21)22/h2-3,5,7-10,12,18-20H,1,4,13H2,(H,21,22)/t5-,7-,8?,9-,10?,12?/m0/s1. The molecule has 0 bridgehead atoms. The molecule has 2 rings (SSSR count). The van der Waals surface area contributed by atoms with Gasteiger partial charge in [-0.05, 0) is 0 Å². The highest BCUT2D eigenvalue weighted by Gasteiger charge is 2.47. The van der Waals surface area contributed by atoms with Gasteiger partial charge in [0.15, 0.2) is 12.4 Å². The first-order valence-electron chi connectivity index (χ1n) is 6.97. The SMILES string of the molecule is N[C@H](C=O)Cc1cn(COC2OC(C(=O)O)C(O)[C@H](O)[C@@H]2O)nn1. The second kappa shape index (κ2) is 7.74. The number of carbonyl (C=O) groups excluding carboxylic acids is 1. The number of nitrogens with two attached hydrogens (primary N) is 1. The molecule has 6 N–H and O–H groups in total. The summed E-state index contributed by atoms with van der Waals surface area (Å²) in [6.45, 7) is -0.278. The predicted octanol–water partition coefficient (Wildman–Crippen LogP) is -3.79. The Balaban J connectivity index is 1.95. The van der Waals surface area contributed by atoms with Gasteiger partial charge in [0.05, 0.1) is 17.9 Å². The van der Waals surface area contributed by atoms with Crippen molar-refractivity contribution in [2.24, 2.45) is 5.73 Å². The van der Waals surface area contributed by atoms with Crippen molar-refractivity contribution in [1.29, 1.82) is 0 Å². The molecule has 0 aliphatic carbocycles. The van der Waals surface area contributed by atoms with Gasteiger partial charge in [-0.25, -0.2) is 9.48 Å². The minimum Gasteiger partial charge on any atom is -0.479 e. The lowest BCUT2D eigenvalue weighted by atomic mass is 9.99. The highest BCUT2D eigenvalue weighted by atomic mass is 16.7. The molecule has 0 amide bonds. The van der Waals surface area contributed by atoms with Crippen LogP contribution in [0.4, 0.5) is 0 Å². The van der Waals surface area contributed by atoms with Crippen LogP contribution < -0.4 is 5.73 Å². The van der Waals surface area contributed by atoms with Crippen LogP contribution >= 0.6 is 0 Å². The van der Waals surface area contributed by atoms with Crippen molar-refractivity contribution >= 4 is 12.3 Å². The van der Waals surface area contributed by atoms with Gasteiger partial charge in [-0.15, -0.1) is 5.10 Å². The van der Waals surface area contributed by atoms with Gasteiger partial charge < -0.3 is 40.4 Å². The van der Waals surface area contributed by atoms with Gasteiger partial charge >= 0.3 is 5.97 Å². The van der Waals surface area contributed by atoms with Gasteiger partial charge in [0.1, 0.15) is 31.3 Å². The molecule has 12 heteroatoms. The monoisotopic (exact) mass is 346 g/mol. The topological polar surface area (TPSA) is 190 Å². The summed E-state index contributed by atoms with van der Waals surface area (Å²) in [6.07, 6.45) is -6.24. The summed E-state index contributed by atoms with van der Waals surface area (Å²) in [5, 5.41) is 45.4. The van der Waals surface area contributed by atoms with Crippen molar-refractivity contribution in [3.63, 3.8) is 0 Å². The number of carboxylic acids is 1. The summed E-state index contributed by atoms with van der Waals surface area (Å²) in [5.41, 5.74) is 5.89. The molecule has 1 aromatic heterocycles. The number of nitrogens with zero attached hydrogens (tertiary/aromatic N) is 3. The predicted molar refractivity (Wildman–Crippen MR) is 73.2 cm³/mol. The van der Waals surface area contributed by atoms with Crippen molar-refractivity contribution in [3.05, 3.63) is 11.9 Å². The zero-order valence-electron chi connectivity index (χ0n) is 12.4. The van der Waals surface area contributed by atoms with E-state index in [1.54, 1.807) is 0 Å².